The van der Waals surface area contributed by atoms with E-state index in [2.05, 4.69) is 31.0 Å². The van der Waals surface area contributed by atoms with E-state index in [1.807, 2.05) is 13.0 Å². The number of ketones is 1. The quantitative estimate of drug-likeness (QED) is 0.510. The molecule has 0 aromatic heterocycles. The first-order valence-electron chi connectivity index (χ1n) is 14.6. The molecular formula is C30H45ClN2O5. The molecule has 11 atom stereocenters. The number of piperidine rings is 1. The number of imide groups is 1. The Balaban J connectivity index is 1.49. The molecule has 3 saturated carbocycles. The number of Topliss-reactive ketones (excluding diaryl/α,β-unsaturated/α-hetero) is 1. The number of halogens is 1. The van der Waals surface area contributed by atoms with Gasteiger partial charge in [0.2, 0.25) is 5.91 Å². The third-order valence-corrected chi connectivity index (χ3v) is 12.1. The summed E-state index contributed by atoms with van der Waals surface area (Å²) in [5, 5.41) is 2.59. The first-order chi connectivity index (χ1) is 18.0. The number of carbonyl (C=O) groups excluding carboxylic acids is 3. The maximum atomic E-state index is 14.3. The number of rotatable bonds is 5. The predicted octanol–water partition coefficient (Wildman–Crippen LogP) is 5.16. The minimum Gasteiger partial charge on any atom is -0.445 e. The Morgan fingerprint density at radius 1 is 1.16 bits per heavy atom. The molecule has 2 aliphatic heterocycles. The Labute approximate surface area is 232 Å². The fourth-order valence-electron chi connectivity index (χ4n) is 9.58. The zero-order chi connectivity index (χ0) is 27.5. The Kier molecular flexibility index (Phi) is 7.54. The van der Waals surface area contributed by atoms with Crippen molar-refractivity contribution < 1.29 is 23.9 Å². The molecule has 2 saturated heterocycles. The second kappa shape index (κ2) is 10.2. The van der Waals surface area contributed by atoms with Crippen LogP contribution in [0.15, 0.2) is 11.6 Å². The molecule has 8 heteroatoms. The van der Waals surface area contributed by atoms with E-state index in [9.17, 15) is 14.4 Å². The number of methoxy groups -OCH3 is 1. The molecule has 1 N–H and O–H groups in total. The second-order valence-electron chi connectivity index (χ2n) is 13.5. The zero-order valence-electron chi connectivity index (χ0n) is 23.6. The third-order valence-electron chi connectivity index (χ3n) is 11.9. The lowest BCUT2D eigenvalue weighted by molar-refractivity contribution is -0.191. The van der Waals surface area contributed by atoms with Gasteiger partial charge >= 0.3 is 6.09 Å². The number of fused-ring (bicyclic) bond motifs is 2. The standard InChI is InChI=1S/C30H45ClN2O5/c1-18-7-11-30-12-8-22(37-5)24(30)29(18,4)23(15-28(3,10-6-13-31)25(34)19(30)2)38-27(36)32-26(35)21-17-33-14-9-20(21)16-33/h6,13,18-24H,7-12,14-17H2,1-5H3,(H,32,35,36)/b13-6+/t18-,19+,20-,21+,22-,23-,24?,28-,29+,30?/m1/s1. The molecule has 2 heterocycles. The van der Waals surface area contributed by atoms with E-state index in [4.69, 9.17) is 21.1 Å². The highest BCUT2D eigenvalue weighted by atomic mass is 35.5. The van der Waals surface area contributed by atoms with Gasteiger partial charge in [0, 0.05) is 48.4 Å². The number of hydrogen-bond donors (Lipinski definition) is 1. The van der Waals surface area contributed by atoms with Crippen molar-refractivity contribution in [2.75, 3.05) is 26.7 Å². The van der Waals surface area contributed by atoms with Gasteiger partial charge in [-0.05, 0) is 68.7 Å². The molecule has 0 spiro atoms. The molecule has 0 radical (unpaired) electrons. The van der Waals surface area contributed by atoms with Crippen LogP contribution >= 0.6 is 11.6 Å². The van der Waals surface area contributed by atoms with Crippen LogP contribution in [-0.4, -0.2) is 61.6 Å². The fraction of sp³-hybridized carbons (Fsp3) is 0.833. The number of alkyl carbamates (subject to hydrolysis) is 1. The summed E-state index contributed by atoms with van der Waals surface area (Å²) in [4.78, 5) is 43.0. The van der Waals surface area contributed by atoms with Crippen LogP contribution in [-0.2, 0) is 19.1 Å². The van der Waals surface area contributed by atoms with E-state index in [0.29, 0.717) is 25.3 Å². The van der Waals surface area contributed by atoms with Gasteiger partial charge in [-0.3, -0.25) is 14.9 Å². The van der Waals surface area contributed by atoms with E-state index in [0.717, 1.165) is 45.2 Å². The molecule has 3 unspecified atom stereocenters. The first-order valence-corrected chi connectivity index (χ1v) is 15.0. The highest BCUT2D eigenvalue weighted by Gasteiger charge is 2.68. The molecular weight excluding hydrogens is 504 g/mol. The van der Waals surface area contributed by atoms with Crippen LogP contribution in [0.2, 0.25) is 0 Å². The van der Waals surface area contributed by atoms with Crippen molar-refractivity contribution in [3.05, 3.63) is 11.6 Å². The lowest BCUT2D eigenvalue weighted by Crippen LogP contribution is -2.63. The van der Waals surface area contributed by atoms with Gasteiger partial charge in [-0.1, -0.05) is 45.4 Å². The minimum absolute atomic E-state index is 0.00368. The lowest BCUT2D eigenvalue weighted by atomic mass is 9.43. The number of allylic oxidation sites excluding steroid dienone is 1. The molecule has 0 aromatic carbocycles. The van der Waals surface area contributed by atoms with Crippen molar-refractivity contribution in [2.45, 2.75) is 84.8 Å². The number of amides is 2. The summed E-state index contributed by atoms with van der Waals surface area (Å²) in [5.41, 5.74) is 0.127. The van der Waals surface area contributed by atoms with Crippen LogP contribution in [0.3, 0.4) is 0 Å². The number of nitrogens with zero attached hydrogens (tertiary/aromatic N) is 1. The smallest absolute Gasteiger partial charge is 0.414 e. The monoisotopic (exact) mass is 548 g/mol. The topological polar surface area (TPSA) is 84.9 Å². The van der Waals surface area contributed by atoms with Crippen molar-refractivity contribution >= 4 is 29.4 Å². The largest absolute Gasteiger partial charge is 0.445 e. The van der Waals surface area contributed by atoms with E-state index in [1.54, 1.807) is 7.11 Å². The highest BCUT2D eigenvalue weighted by Crippen LogP contribution is 2.69. The van der Waals surface area contributed by atoms with Gasteiger partial charge in [0.15, 0.2) is 0 Å². The average Bonchev–Trinajstić information content (AvgIpc) is 3.63. The second-order valence-corrected chi connectivity index (χ2v) is 13.8. The highest BCUT2D eigenvalue weighted by molar-refractivity contribution is 6.25. The average molecular weight is 549 g/mol. The molecule has 5 aliphatic rings. The van der Waals surface area contributed by atoms with Gasteiger partial charge in [-0.2, -0.15) is 0 Å². The summed E-state index contributed by atoms with van der Waals surface area (Å²) in [7, 11) is 1.76. The summed E-state index contributed by atoms with van der Waals surface area (Å²) in [5.74, 6) is 0.340. The summed E-state index contributed by atoms with van der Waals surface area (Å²) >= 11 is 5.93. The third kappa shape index (κ3) is 4.26. The van der Waals surface area contributed by atoms with Crippen LogP contribution in [0.25, 0.3) is 0 Å². The van der Waals surface area contributed by atoms with Gasteiger partial charge in [0.05, 0.1) is 12.0 Å². The van der Waals surface area contributed by atoms with E-state index in [-0.39, 0.29) is 46.9 Å². The van der Waals surface area contributed by atoms with E-state index in [1.165, 1.54) is 5.54 Å². The predicted molar refractivity (Wildman–Crippen MR) is 145 cm³/mol. The van der Waals surface area contributed by atoms with Crippen molar-refractivity contribution in [3.63, 3.8) is 0 Å². The SMILES string of the molecule is CO[C@@H]1CCC23CC[C@@H](C)[C@](C)(C12)[C@H](OC(=O)NC(=O)[C@H]1CN2CC[C@@H]1C2)C[C@@](C)(C/C=C/Cl)C(=O)[C@@H]3C. The number of hydrogen-bond acceptors (Lipinski definition) is 6. The van der Waals surface area contributed by atoms with Gasteiger partial charge in [-0.25, -0.2) is 4.79 Å². The molecule has 4 bridgehead atoms. The Hall–Kier alpha value is -1.44. The van der Waals surface area contributed by atoms with Crippen LogP contribution in [0.5, 0.6) is 0 Å². The molecule has 5 rings (SSSR count). The van der Waals surface area contributed by atoms with Gasteiger partial charge in [0.25, 0.3) is 0 Å². The van der Waals surface area contributed by atoms with Crippen LogP contribution in [0.1, 0.15) is 72.6 Å². The molecule has 7 nitrogen and oxygen atoms in total. The van der Waals surface area contributed by atoms with Crippen LogP contribution in [0, 0.1) is 45.8 Å². The fourth-order valence-corrected chi connectivity index (χ4v) is 9.67. The minimum atomic E-state index is -0.737. The zero-order valence-corrected chi connectivity index (χ0v) is 24.4. The maximum absolute atomic E-state index is 14.3. The van der Waals surface area contributed by atoms with Crippen LogP contribution in [0.4, 0.5) is 4.79 Å². The molecule has 2 amide bonds. The van der Waals surface area contributed by atoms with E-state index < -0.39 is 23.0 Å². The van der Waals surface area contributed by atoms with Crippen molar-refractivity contribution in [1.82, 2.24) is 10.2 Å². The Morgan fingerprint density at radius 2 is 1.89 bits per heavy atom. The normalized spacial score (nSPS) is 48.0. The molecule has 38 heavy (non-hydrogen) atoms. The molecule has 3 aliphatic carbocycles. The summed E-state index contributed by atoms with van der Waals surface area (Å²) in [6.07, 6.45) is 6.26. The summed E-state index contributed by atoms with van der Waals surface area (Å²) < 4.78 is 12.4. The van der Waals surface area contributed by atoms with Crippen molar-refractivity contribution in [3.8, 4) is 0 Å². The van der Waals surface area contributed by atoms with E-state index >= 15 is 0 Å². The Bertz CT molecular complexity index is 1000. The van der Waals surface area contributed by atoms with Gasteiger partial charge in [-0.15, -0.1) is 0 Å². The van der Waals surface area contributed by atoms with Crippen molar-refractivity contribution in [1.29, 1.82) is 0 Å². The first kappa shape index (κ1) is 28.1. The lowest BCUT2D eigenvalue weighted by Gasteiger charge is -2.61. The number of nitrogens with one attached hydrogen (secondary N) is 1. The Morgan fingerprint density at radius 3 is 2.53 bits per heavy atom. The molecule has 212 valence electrons. The van der Waals surface area contributed by atoms with Crippen molar-refractivity contribution in [2.24, 2.45) is 45.8 Å². The summed E-state index contributed by atoms with van der Waals surface area (Å²) in [6.45, 7) is 11.3. The number of carbonyl (C=O) groups is 3. The maximum Gasteiger partial charge on any atom is 0.414 e. The molecule has 0 aromatic rings. The van der Waals surface area contributed by atoms with Gasteiger partial charge < -0.3 is 14.4 Å². The number of ether oxygens (including phenoxy) is 2. The van der Waals surface area contributed by atoms with Gasteiger partial charge in [0.1, 0.15) is 11.9 Å². The van der Waals surface area contributed by atoms with Crippen LogP contribution < -0.4 is 5.32 Å². The summed E-state index contributed by atoms with van der Waals surface area (Å²) in [6, 6.07) is 0. The molecule has 5 fully saturated rings.